The highest BCUT2D eigenvalue weighted by molar-refractivity contribution is 6.53. The monoisotopic (exact) mass is 628 g/mol. The number of hydrogen-bond donors (Lipinski definition) is 3. The quantitative estimate of drug-likeness (QED) is 0.243. The Labute approximate surface area is 245 Å². The van der Waals surface area contributed by atoms with Crippen molar-refractivity contribution in [3.63, 3.8) is 0 Å². The third kappa shape index (κ3) is 5.98. The van der Waals surface area contributed by atoms with Crippen molar-refractivity contribution < 1.29 is 27.6 Å². The molecule has 206 valence electrons. The van der Waals surface area contributed by atoms with Gasteiger partial charge in [-0.2, -0.15) is 5.26 Å². The summed E-state index contributed by atoms with van der Waals surface area (Å²) in [6, 6.07) is 11.1. The largest absolute Gasteiger partial charge is 0.326 e. The number of hydrogen-bond acceptors (Lipinski definition) is 4. The van der Waals surface area contributed by atoms with Crippen molar-refractivity contribution in [3.05, 3.63) is 87.2 Å². The summed E-state index contributed by atoms with van der Waals surface area (Å²) >= 11 is 24.6. The van der Waals surface area contributed by atoms with Crippen LogP contribution in [0.2, 0.25) is 10.0 Å². The molecule has 3 amide bonds. The Morgan fingerprint density at radius 1 is 0.900 bits per heavy atom. The van der Waals surface area contributed by atoms with Gasteiger partial charge < -0.3 is 16.0 Å². The van der Waals surface area contributed by atoms with Gasteiger partial charge in [-0.25, -0.2) is 13.2 Å². The van der Waals surface area contributed by atoms with Crippen LogP contribution in [0.4, 0.5) is 30.2 Å². The Kier molecular flexibility index (Phi) is 8.52. The van der Waals surface area contributed by atoms with E-state index in [9.17, 15) is 27.6 Å². The molecule has 1 aliphatic rings. The van der Waals surface area contributed by atoms with E-state index in [1.54, 1.807) is 6.07 Å². The zero-order chi connectivity index (χ0) is 29.4. The lowest BCUT2D eigenvalue weighted by molar-refractivity contribution is -0.117. The van der Waals surface area contributed by atoms with E-state index < -0.39 is 69.1 Å². The summed E-state index contributed by atoms with van der Waals surface area (Å²) in [7, 11) is 0. The van der Waals surface area contributed by atoms with E-state index in [4.69, 9.17) is 51.7 Å². The summed E-state index contributed by atoms with van der Waals surface area (Å²) in [5.74, 6) is -7.16. The molecule has 7 nitrogen and oxygen atoms in total. The van der Waals surface area contributed by atoms with Crippen molar-refractivity contribution in [1.82, 2.24) is 0 Å². The average Bonchev–Trinajstić information content (AvgIpc) is 3.48. The van der Waals surface area contributed by atoms with Crippen molar-refractivity contribution in [2.45, 2.75) is 16.7 Å². The normalized spacial score (nSPS) is 16.9. The standard InChI is InChI=1S/C26H15Cl4F3N4O3/c27-14-3-2-12(35-25(40)21-20(26(21,29)30)11-1-4-16(31)15(28)9-11)10-13(14)24(39)36-18-6-5-17(32)23(22(18)33)37-19(38)7-8-34/h1-6,9-10,20-21H,7H2,(H,35,40)(H,36,39)(H,37,38)/t20-,21?/m0/s1. The van der Waals surface area contributed by atoms with Crippen molar-refractivity contribution >= 4 is 81.2 Å². The number of alkyl halides is 2. The highest BCUT2D eigenvalue weighted by Crippen LogP contribution is 2.65. The highest BCUT2D eigenvalue weighted by atomic mass is 35.5. The number of carbonyl (C=O) groups is 3. The molecule has 1 fully saturated rings. The molecule has 0 saturated heterocycles. The first-order chi connectivity index (χ1) is 18.8. The number of nitrogens with zero attached hydrogens (tertiary/aromatic N) is 1. The number of anilines is 3. The summed E-state index contributed by atoms with van der Waals surface area (Å²) in [6.45, 7) is 0. The van der Waals surface area contributed by atoms with Gasteiger partial charge in [0.05, 0.1) is 33.3 Å². The fourth-order valence-electron chi connectivity index (χ4n) is 3.98. The van der Waals surface area contributed by atoms with Gasteiger partial charge in [-0.15, -0.1) is 23.2 Å². The van der Waals surface area contributed by atoms with Crippen LogP contribution >= 0.6 is 46.4 Å². The second-order valence-corrected chi connectivity index (χ2v) is 10.9. The second kappa shape index (κ2) is 11.6. The van der Waals surface area contributed by atoms with Gasteiger partial charge in [0, 0.05) is 11.6 Å². The van der Waals surface area contributed by atoms with Crippen molar-refractivity contribution in [3.8, 4) is 6.07 Å². The lowest BCUT2D eigenvalue weighted by Gasteiger charge is -2.13. The molecule has 0 aliphatic heterocycles. The molecule has 0 spiro atoms. The van der Waals surface area contributed by atoms with E-state index in [0.29, 0.717) is 5.56 Å². The first-order valence-electron chi connectivity index (χ1n) is 11.2. The van der Waals surface area contributed by atoms with Gasteiger partial charge in [0.1, 0.15) is 28.1 Å². The zero-order valence-electron chi connectivity index (χ0n) is 19.8. The molecule has 0 radical (unpaired) electrons. The van der Waals surface area contributed by atoms with Crippen LogP contribution in [0, 0.1) is 34.7 Å². The highest BCUT2D eigenvalue weighted by Gasteiger charge is 2.67. The van der Waals surface area contributed by atoms with E-state index in [0.717, 1.165) is 18.2 Å². The fraction of sp³-hybridized carbons (Fsp3) is 0.154. The molecule has 0 aromatic heterocycles. The van der Waals surface area contributed by atoms with Crippen LogP contribution in [0.3, 0.4) is 0 Å². The Morgan fingerprint density at radius 2 is 1.60 bits per heavy atom. The summed E-state index contributed by atoms with van der Waals surface area (Å²) < 4.78 is 41.0. The van der Waals surface area contributed by atoms with Gasteiger partial charge in [0.2, 0.25) is 11.8 Å². The molecule has 14 heteroatoms. The van der Waals surface area contributed by atoms with Crippen LogP contribution in [0.25, 0.3) is 0 Å². The first-order valence-corrected chi connectivity index (χ1v) is 12.8. The maximum atomic E-state index is 14.9. The maximum absolute atomic E-state index is 14.9. The fourth-order valence-corrected chi connectivity index (χ4v) is 5.20. The third-order valence-corrected chi connectivity index (χ3v) is 7.52. The van der Waals surface area contributed by atoms with Gasteiger partial charge in [-0.3, -0.25) is 14.4 Å². The van der Waals surface area contributed by atoms with Crippen molar-refractivity contribution in [2.75, 3.05) is 16.0 Å². The number of nitriles is 1. The molecular formula is C26H15Cl4F3N4O3. The molecule has 4 rings (SSSR count). The molecule has 40 heavy (non-hydrogen) atoms. The molecule has 3 aromatic rings. The Hall–Kier alpha value is -3.49. The minimum absolute atomic E-state index is 0.0603. The van der Waals surface area contributed by atoms with Crippen LogP contribution < -0.4 is 16.0 Å². The minimum atomic E-state index is -1.50. The van der Waals surface area contributed by atoms with Crippen LogP contribution in [0.15, 0.2) is 48.5 Å². The smallest absolute Gasteiger partial charge is 0.257 e. The SMILES string of the molecule is N#CCC(=O)Nc1c(F)ccc(NC(=O)c2cc(NC(=O)C3[C@H](c4ccc(F)c(Cl)c4)C3(Cl)Cl)ccc2Cl)c1F. The summed E-state index contributed by atoms with van der Waals surface area (Å²) in [6.07, 6.45) is -0.641. The number of benzene rings is 3. The molecular weight excluding hydrogens is 615 g/mol. The second-order valence-electron chi connectivity index (χ2n) is 8.61. The lowest BCUT2D eigenvalue weighted by atomic mass is 10.1. The molecule has 0 bridgehead atoms. The Bertz CT molecular complexity index is 1600. The summed E-state index contributed by atoms with van der Waals surface area (Å²) in [5, 5.41) is 15.1. The maximum Gasteiger partial charge on any atom is 0.257 e. The molecule has 1 aliphatic carbocycles. The topological polar surface area (TPSA) is 111 Å². The van der Waals surface area contributed by atoms with Crippen LogP contribution in [0.1, 0.15) is 28.3 Å². The number of amides is 3. The van der Waals surface area contributed by atoms with Gasteiger partial charge in [-0.1, -0.05) is 29.3 Å². The lowest BCUT2D eigenvalue weighted by Crippen LogP contribution is -2.19. The van der Waals surface area contributed by atoms with Gasteiger partial charge in [0.15, 0.2) is 5.82 Å². The molecule has 0 heterocycles. The molecule has 3 N–H and O–H groups in total. The average molecular weight is 630 g/mol. The predicted molar refractivity (Wildman–Crippen MR) is 145 cm³/mol. The number of carbonyl (C=O) groups excluding carboxylic acids is 3. The zero-order valence-corrected chi connectivity index (χ0v) is 22.8. The van der Waals surface area contributed by atoms with E-state index in [1.165, 1.54) is 30.3 Å². The van der Waals surface area contributed by atoms with Gasteiger partial charge >= 0.3 is 0 Å². The number of nitrogens with one attached hydrogen (secondary N) is 3. The van der Waals surface area contributed by atoms with E-state index in [-0.39, 0.29) is 21.3 Å². The molecule has 3 aromatic carbocycles. The minimum Gasteiger partial charge on any atom is -0.326 e. The number of rotatable bonds is 7. The van der Waals surface area contributed by atoms with Gasteiger partial charge in [0.25, 0.3) is 5.91 Å². The van der Waals surface area contributed by atoms with Crippen molar-refractivity contribution in [1.29, 1.82) is 5.26 Å². The Balaban J connectivity index is 1.51. The third-order valence-electron chi connectivity index (χ3n) is 5.96. The van der Waals surface area contributed by atoms with Crippen LogP contribution in [0.5, 0.6) is 0 Å². The summed E-state index contributed by atoms with van der Waals surface area (Å²) in [4.78, 5) is 37.5. The van der Waals surface area contributed by atoms with Crippen LogP contribution in [-0.4, -0.2) is 22.1 Å². The van der Waals surface area contributed by atoms with Gasteiger partial charge in [-0.05, 0) is 48.0 Å². The van der Waals surface area contributed by atoms with E-state index in [1.807, 2.05) is 5.32 Å². The molecule has 2 atom stereocenters. The molecule has 1 saturated carbocycles. The van der Waals surface area contributed by atoms with E-state index in [2.05, 4.69) is 10.6 Å². The van der Waals surface area contributed by atoms with E-state index >= 15 is 0 Å². The first kappa shape index (κ1) is 29.5. The number of halogens is 7. The predicted octanol–water partition coefficient (Wildman–Crippen LogP) is 7.04. The molecule has 1 unspecified atom stereocenters. The summed E-state index contributed by atoms with van der Waals surface area (Å²) in [5.41, 5.74) is -0.944. The van der Waals surface area contributed by atoms with Crippen LogP contribution in [-0.2, 0) is 9.59 Å². The van der Waals surface area contributed by atoms with Crippen molar-refractivity contribution in [2.24, 2.45) is 5.92 Å². The Morgan fingerprint density at radius 3 is 2.27 bits per heavy atom.